The van der Waals surface area contributed by atoms with Crippen molar-refractivity contribution in [2.45, 2.75) is 58.2 Å². The van der Waals surface area contributed by atoms with Crippen LogP contribution in [-0.2, 0) is 20.7 Å². The number of ketones is 2. The van der Waals surface area contributed by atoms with E-state index in [1.807, 2.05) is 13.0 Å². The summed E-state index contributed by atoms with van der Waals surface area (Å²) in [6.45, 7) is 8.58. The molecule has 0 spiro atoms. The van der Waals surface area contributed by atoms with E-state index in [0.29, 0.717) is 17.7 Å². The summed E-state index contributed by atoms with van der Waals surface area (Å²) in [4.78, 5) is 26.3. The fourth-order valence-electron chi connectivity index (χ4n) is 3.84. The van der Waals surface area contributed by atoms with E-state index >= 15 is 0 Å². The van der Waals surface area contributed by atoms with Gasteiger partial charge in [0.25, 0.3) is 0 Å². The number of ether oxygens (including phenoxy) is 2. The van der Waals surface area contributed by atoms with E-state index in [1.54, 1.807) is 45.9 Å². The predicted molar refractivity (Wildman–Crippen MR) is 109 cm³/mol. The Morgan fingerprint density at radius 3 is 2.23 bits per heavy atom. The summed E-state index contributed by atoms with van der Waals surface area (Å²) in [5.41, 5.74) is -0.678. The number of hydrogen-bond donors (Lipinski definition) is 0. The number of halogens is 1. The molecule has 5 nitrogen and oxygen atoms in total. The average Bonchev–Trinajstić information content (AvgIpc) is 2.68. The fraction of sp³-hybridized carbons (Fsp3) is 0.375. The summed E-state index contributed by atoms with van der Waals surface area (Å²) in [6, 6.07) is 10.9. The largest absolute Gasteiger partial charge is 0.454 e. The zero-order chi connectivity index (χ0) is 22.3. The van der Waals surface area contributed by atoms with Crippen LogP contribution >= 0.6 is 0 Å². The first-order valence-electron chi connectivity index (χ1n) is 9.79. The van der Waals surface area contributed by atoms with Gasteiger partial charge in [0.05, 0.1) is 11.6 Å². The van der Waals surface area contributed by atoms with Crippen LogP contribution in [-0.4, -0.2) is 22.8 Å². The molecule has 6 heteroatoms. The first-order chi connectivity index (χ1) is 14.0. The molecule has 1 fully saturated rings. The molecule has 0 aromatic heterocycles. The Hall–Kier alpha value is -3.04. The molecule has 2 aromatic carbocycles. The standard InChI is InChI=1S/C24H24FNO4/c1-6-15-8-9-16(29-19-10-7-14(13-26)11-18(19)25)12-17(15)20-21(27)23(2,3)30-24(4,5)22(20)28/h7-12,20H,6H2,1-5H3. The molecule has 0 radical (unpaired) electrons. The SMILES string of the molecule is CCc1ccc(Oc2ccc(C#N)cc2F)cc1C1C(=O)C(C)(C)OC(C)(C)C1=O. The molecule has 0 amide bonds. The van der Waals surface area contributed by atoms with Gasteiger partial charge in [-0.1, -0.05) is 13.0 Å². The summed E-state index contributed by atoms with van der Waals surface area (Å²) in [5.74, 6) is -2.04. The van der Waals surface area contributed by atoms with E-state index < -0.39 is 22.9 Å². The van der Waals surface area contributed by atoms with Crippen LogP contribution in [0.5, 0.6) is 11.5 Å². The van der Waals surface area contributed by atoms with E-state index in [2.05, 4.69) is 0 Å². The minimum absolute atomic E-state index is 0.0468. The Labute approximate surface area is 175 Å². The number of rotatable bonds is 4. The maximum Gasteiger partial charge on any atom is 0.179 e. The summed E-state index contributed by atoms with van der Waals surface area (Å²) in [5, 5.41) is 8.88. The molecular weight excluding hydrogens is 385 g/mol. The van der Waals surface area contributed by atoms with Gasteiger partial charge in [-0.15, -0.1) is 0 Å². The number of nitrogens with zero attached hydrogens (tertiary/aromatic N) is 1. The Balaban J connectivity index is 2.06. The molecule has 2 aromatic rings. The molecule has 3 rings (SSSR count). The Morgan fingerprint density at radius 2 is 1.70 bits per heavy atom. The lowest BCUT2D eigenvalue weighted by molar-refractivity contribution is -0.184. The topological polar surface area (TPSA) is 76.4 Å². The second kappa shape index (κ2) is 7.66. The van der Waals surface area contributed by atoms with E-state index in [4.69, 9.17) is 14.7 Å². The smallest absolute Gasteiger partial charge is 0.179 e. The highest BCUT2D eigenvalue weighted by molar-refractivity contribution is 6.15. The maximum absolute atomic E-state index is 14.2. The van der Waals surface area contributed by atoms with Gasteiger partial charge in [0.2, 0.25) is 0 Å². The van der Waals surface area contributed by atoms with E-state index in [1.165, 1.54) is 12.1 Å². The number of benzene rings is 2. The second-order valence-corrected chi connectivity index (χ2v) is 8.36. The highest BCUT2D eigenvalue weighted by Gasteiger charge is 2.53. The lowest BCUT2D eigenvalue weighted by Gasteiger charge is -2.43. The Kier molecular flexibility index (Phi) is 5.53. The summed E-state index contributed by atoms with van der Waals surface area (Å²) < 4.78 is 25.7. The average molecular weight is 409 g/mol. The van der Waals surface area contributed by atoms with Gasteiger partial charge in [-0.05, 0) is 75.6 Å². The van der Waals surface area contributed by atoms with E-state index in [-0.39, 0.29) is 22.9 Å². The molecule has 0 saturated carbocycles. The zero-order valence-electron chi connectivity index (χ0n) is 17.7. The first kappa shape index (κ1) is 21.7. The molecule has 156 valence electrons. The van der Waals surface area contributed by atoms with Crippen LogP contribution in [0.3, 0.4) is 0 Å². The minimum Gasteiger partial charge on any atom is -0.454 e. The van der Waals surface area contributed by atoms with Crippen molar-refractivity contribution < 1.29 is 23.5 Å². The number of aryl methyl sites for hydroxylation is 1. The first-order valence-corrected chi connectivity index (χ1v) is 9.79. The van der Waals surface area contributed by atoms with Crippen molar-refractivity contribution in [1.29, 1.82) is 5.26 Å². The van der Waals surface area contributed by atoms with Gasteiger partial charge in [0, 0.05) is 0 Å². The van der Waals surface area contributed by atoms with Crippen LogP contribution in [0.15, 0.2) is 36.4 Å². The number of carbonyl (C=O) groups is 2. The van der Waals surface area contributed by atoms with Crippen molar-refractivity contribution in [3.63, 3.8) is 0 Å². The normalized spacial score (nSPS) is 18.2. The molecular formula is C24H24FNO4. The van der Waals surface area contributed by atoms with Gasteiger partial charge in [-0.25, -0.2) is 4.39 Å². The van der Waals surface area contributed by atoms with Gasteiger partial charge in [-0.3, -0.25) is 9.59 Å². The molecule has 1 heterocycles. The van der Waals surface area contributed by atoms with Crippen molar-refractivity contribution in [2.75, 3.05) is 0 Å². The molecule has 1 saturated heterocycles. The molecule has 0 atom stereocenters. The molecule has 30 heavy (non-hydrogen) atoms. The number of nitriles is 1. The quantitative estimate of drug-likeness (QED) is 0.674. The zero-order valence-corrected chi connectivity index (χ0v) is 17.7. The summed E-state index contributed by atoms with van der Waals surface area (Å²) in [7, 11) is 0. The van der Waals surface area contributed by atoms with E-state index in [0.717, 1.165) is 11.6 Å². The molecule has 0 bridgehead atoms. The van der Waals surface area contributed by atoms with Crippen molar-refractivity contribution in [1.82, 2.24) is 0 Å². The van der Waals surface area contributed by atoms with Crippen LogP contribution in [0.2, 0.25) is 0 Å². The Bertz CT molecular complexity index is 1040. The summed E-state index contributed by atoms with van der Waals surface area (Å²) >= 11 is 0. The van der Waals surface area contributed by atoms with Gasteiger partial charge >= 0.3 is 0 Å². The lowest BCUT2D eigenvalue weighted by Crippen LogP contribution is -2.58. The number of Topliss-reactive ketones (excluding diaryl/α,β-unsaturated/α-hetero) is 2. The molecule has 1 aliphatic rings. The van der Waals surface area contributed by atoms with Gasteiger partial charge in [0.1, 0.15) is 22.9 Å². The van der Waals surface area contributed by atoms with Crippen molar-refractivity contribution in [3.05, 3.63) is 58.9 Å². The van der Waals surface area contributed by atoms with E-state index in [9.17, 15) is 14.0 Å². The molecule has 1 aliphatic heterocycles. The second-order valence-electron chi connectivity index (χ2n) is 8.36. The lowest BCUT2D eigenvalue weighted by atomic mass is 9.73. The van der Waals surface area contributed by atoms with Crippen molar-refractivity contribution >= 4 is 11.6 Å². The van der Waals surface area contributed by atoms with Crippen LogP contribution in [0.4, 0.5) is 4.39 Å². The summed E-state index contributed by atoms with van der Waals surface area (Å²) in [6.07, 6.45) is 0.611. The van der Waals surface area contributed by atoms with Crippen molar-refractivity contribution in [3.8, 4) is 17.6 Å². The third kappa shape index (κ3) is 3.86. The van der Waals surface area contributed by atoms with Crippen LogP contribution in [0, 0.1) is 17.1 Å². The Morgan fingerprint density at radius 1 is 1.07 bits per heavy atom. The van der Waals surface area contributed by atoms with Gasteiger partial charge in [0.15, 0.2) is 23.1 Å². The predicted octanol–water partition coefficient (Wildman–Crippen LogP) is 4.86. The van der Waals surface area contributed by atoms with Crippen molar-refractivity contribution in [2.24, 2.45) is 0 Å². The third-order valence-electron chi connectivity index (χ3n) is 5.32. The fourth-order valence-corrected chi connectivity index (χ4v) is 3.84. The number of hydrogen-bond acceptors (Lipinski definition) is 5. The van der Waals surface area contributed by atoms with Gasteiger partial charge < -0.3 is 9.47 Å². The molecule has 0 unspecified atom stereocenters. The molecule has 0 aliphatic carbocycles. The monoisotopic (exact) mass is 409 g/mol. The van der Waals surface area contributed by atoms with Crippen LogP contribution in [0.25, 0.3) is 0 Å². The number of carbonyl (C=O) groups excluding carboxylic acids is 2. The molecule has 0 N–H and O–H groups in total. The highest BCUT2D eigenvalue weighted by atomic mass is 19.1. The van der Waals surface area contributed by atoms with Gasteiger partial charge in [-0.2, -0.15) is 5.26 Å². The van der Waals surface area contributed by atoms with Crippen LogP contribution < -0.4 is 4.74 Å². The maximum atomic E-state index is 14.2. The van der Waals surface area contributed by atoms with Crippen LogP contribution in [0.1, 0.15) is 57.2 Å². The minimum atomic E-state index is -1.12. The third-order valence-corrected chi connectivity index (χ3v) is 5.32. The highest BCUT2D eigenvalue weighted by Crippen LogP contribution is 2.41.